The lowest BCUT2D eigenvalue weighted by molar-refractivity contribution is -0.385. The van der Waals surface area contributed by atoms with E-state index in [1.165, 1.54) is 43.7 Å². The van der Waals surface area contributed by atoms with Crippen molar-refractivity contribution >= 4 is 22.9 Å². The molecule has 0 radical (unpaired) electrons. The SMILES string of the molecule is COc1cc(C(=O)N(C)Cc2ccccc2C(F)(F)F)c([N+](=O)[O-])cc1OCc1cscn1. The number of nitro benzene ring substituents is 1. The Balaban J connectivity index is 1.91. The number of alkyl halides is 3. The lowest BCUT2D eigenvalue weighted by Crippen LogP contribution is -2.28. The summed E-state index contributed by atoms with van der Waals surface area (Å²) in [7, 11) is 2.56. The van der Waals surface area contributed by atoms with Crippen LogP contribution in [0, 0.1) is 10.1 Å². The molecule has 0 atom stereocenters. The zero-order valence-electron chi connectivity index (χ0n) is 17.5. The fourth-order valence-corrected chi connectivity index (χ4v) is 3.62. The third-order valence-corrected chi connectivity index (χ3v) is 5.28. The smallest absolute Gasteiger partial charge is 0.416 e. The van der Waals surface area contributed by atoms with Crippen molar-refractivity contribution in [2.24, 2.45) is 0 Å². The van der Waals surface area contributed by atoms with E-state index in [0.717, 1.165) is 23.1 Å². The van der Waals surface area contributed by atoms with Crippen LogP contribution < -0.4 is 9.47 Å². The average molecular weight is 481 g/mol. The van der Waals surface area contributed by atoms with Gasteiger partial charge in [0.25, 0.3) is 11.6 Å². The molecule has 0 saturated heterocycles. The Labute approximate surface area is 190 Å². The van der Waals surface area contributed by atoms with Crippen molar-refractivity contribution in [2.45, 2.75) is 19.3 Å². The number of ether oxygens (including phenoxy) is 2. The predicted molar refractivity (Wildman–Crippen MR) is 113 cm³/mol. The number of benzene rings is 2. The summed E-state index contributed by atoms with van der Waals surface area (Å²) in [4.78, 5) is 28.9. The van der Waals surface area contributed by atoms with Gasteiger partial charge in [0, 0.05) is 25.0 Å². The molecule has 2 aromatic carbocycles. The first-order valence-electron chi connectivity index (χ1n) is 9.38. The first-order valence-corrected chi connectivity index (χ1v) is 10.3. The number of nitro groups is 1. The molecule has 0 aliphatic carbocycles. The molecule has 0 bridgehead atoms. The third-order valence-electron chi connectivity index (χ3n) is 4.65. The molecule has 3 aromatic rings. The summed E-state index contributed by atoms with van der Waals surface area (Å²) in [6, 6.07) is 7.01. The normalized spacial score (nSPS) is 11.2. The van der Waals surface area contributed by atoms with Gasteiger partial charge in [-0.15, -0.1) is 11.3 Å². The molecule has 0 unspecified atom stereocenters. The largest absolute Gasteiger partial charge is 0.493 e. The number of hydrogen-bond donors (Lipinski definition) is 0. The van der Waals surface area contributed by atoms with Crippen molar-refractivity contribution in [3.63, 3.8) is 0 Å². The number of aromatic nitrogens is 1. The van der Waals surface area contributed by atoms with Crippen LogP contribution in [0.3, 0.4) is 0 Å². The molecule has 12 heteroatoms. The fourth-order valence-electron chi connectivity index (χ4n) is 3.07. The molecule has 0 saturated carbocycles. The van der Waals surface area contributed by atoms with E-state index >= 15 is 0 Å². The van der Waals surface area contributed by atoms with E-state index in [0.29, 0.717) is 5.69 Å². The van der Waals surface area contributed by atoms with E-state index < -0.39 is 34.8 Å². The minimum absolute atomic E-state index is 0.0262. The minimum atomic E-state index is -4.61. The second-order valence-corrected chi connectivity index (χ2v) is 7.58. The quantitative estimate of drug-likeness (QED) is 0.335. The van der Waals surface area contributed by atoms with Gasteiger partial charge < -0.3 is 14.4 Å². The van der Waals surface area contributed by atoms with Crippen molar-refractivity contribution in [3.05, 3.63) is 79.8 Å². The van der Waals surface area contributed by atoms with Gasteiger partial charge in [-0.25, -0.2) is 4.98 Å². The topological polar surface area (TPSA) is 94.8 Å². The first kappa shape index (κ1) is 24.0. The standard InChI is InChI=1S/C21H18F3N3O5S/c1-26(9-13-5-3-4-6-16(13)21(22,23)24)20(28)15-7-18(31-2)19(8-17(15)27(29)30)32-10-14-11-33-12-25-14/h3-8,11-12H,9-10H2,1-2H3. The number of nitrogens with zero attached hydrogens (tertiary/aromatic N) is 3. The van der Waals surface area contributed by atoms with E-state index in [2.05, 4.69) is 4.98 Å². The molecule has 0 spiro atoms. The molecule has 1 aromatic heterocycles. The maximum absolute atomic E-state index is 13.3. The Morgan fingerprint density at radius 2 is 1.97 bits per heavy atom. The Kier molecular flexibility index (Phi) is 7.16. The molecule has 8 nitrogen and oxygen atoms in total. The van der Waals surface area contributed by atoms with Gasteiger partial charge in [-0.05, 0) is 11.6 Å². The van der Waals surface area contributed by atoms with Crippen LogP contribution in [0.15, 0.2) is 47.3 Å². The zero-order chi connectivity index (χ0) is 24.2. The number of carbonyl (C=O) groups excluding carboxylic acids is 1. The van der Waals surface area contributed by atoms with Crippen LogP contribution in [-0.4, -0.2) is 34.9 Å². The highest BCUT2D eigenvalue weighted by Crippen LogP contribution is 2.36. The molecule has 0 aliphatic heterocycles. The van der Waals surface area contributed by atoms with Crippen LogP contribution in [0.4, 0.5) is 18.9 Å². The highest BCUT2D eigenvalue weighted by Gasteiger charge is 2.34. The lowest BCUT2D eigenvalue weighted by atomic mass is 10.1. The number of thiazole rings is 1. The monoisotopic (exact) mass is 481 g/mol. The van der Waals surface area contributed by atoms with Gasteiger partial charge in [0.2, 0.25) is 0 Å². The Morgan fingerprint density at radius 1 is 1.24 bits per heavy atom. The Morgan fingerprint density at radius 3 is 2.58 bits per heavy atom. The van der Waals surface area contributed by atoms with Crippen LogP contribution in [0.2, 0.25) is 0 Å². The Hall–Kier alpha value is -3.67. The van der Waals surface area contributed by atoms with Gasteiger partial charge in [-0.1, -0.05) is 18.2 Å². The molecule has 174 valence electrons. The number of carbonyl (C=O) groups is 1. The second-order valence-electron chi connectivity index (χ2n) is 6.86. The summed E-state index contributed by atoms with van der Waals surface area (Å²) >= 11 is 1.35. The molecule has 0 aliphatic rings. The maximum Gasteiger partial charge on any atom is 0.416 e. The summed E-state index contributed by atoms with van der Waals surface area (Å²) < 4.78 is 50.6. The maximum atomic E-state index is 13.3. The first-order chi connectivity index (χ1) is 15.6. The summed E-state index contributed by atoms with van der Waals surface area (Å²) in [5.74, 6) is -0.759. The van der Waals surface area contributed by atoms with E-state index in [-0.39, 0.29) is 29.2 Å². The number of rotatable bonds is 8. The summed E-state index contributed by atoms with van der Waals surface area (Å²) in [6.45, 7) is -0.380. The van der Waals surface area contributed by atoms with Crippen molar-refractivity contribution in [3.8, 4) is 11.5 Å². The predicted octanol–water partition coefficient (Wildman–Crippen LogP) is 4.93. The van der Waals surface area contributed by atoms with Gasteiger partial charge >= 0.3 is 6.18 Å². The summed E-state index contributed by atoms with van der Waals surface area (Å²) in [6.07, 6.45) is -4.61. The molecule has 1 heterocycles. The van der Waals surface area contributed by atoms with Crippen LogP contribution in [0.1, 0.15) is 27.2 Å². The molecule has 0 N–H and O–H groups in total. The van der Waals surface area contributed by atoms with Crippen LogP contribution in [0.5, 0.6) is 11.5 Å². The molecule has 33 heavy (non-hydrogen) atoms. The second kappa shape index (κ2) is 9.86. The van der Waals surface area contributed by atoms with Crippen LogP contribution in [0.25, 0.3) is 0 Å². The number of amides is 1. The van der Waals surface area contributed by atoms with Gasteiger partial charge in [-0.2, -0.15) is 13.2 Å². The average Bonchev–Trinajstić information content (AvgIpc) is 3.29. The number of hydrogen-bond acceptors (Lipinski definition) is 7. The van der Waals surface area contributed by atoms with Gasteiger partial charge in [0.15, 0.2) is 11.5 Å². The lowest BCUT2D eigenvalue weighted by Gasteiger charge is -2.21. The van der Waals surface area contributed by atoms with Crippen LogP contribution >= 0.6 is 11.3 Å². The molecule has 1 amide bonds. The Bertz CT molecular complexity index is 1150. The third kappa shape index (κ3) is 5.58. The number of methoxy groups -OCH3 is 1. The highest BCUT2D eigenvalue weighted by molar-refractivity contribution is 7.07. The van der Waals surface area contributed by atoms with E-state index in [1.807, 2.05) is 0 Å². The van der Waals surface area contributed by atoms with Crippen molar-refractivity contribution in [2.75, 3.05) is 14.2 Å². The van der Waals surface area contributed by atoms with Gasteiger partial charge in [-0.3, -0.25) is 14.9 Å². The molecule has 0 fully saturated rings. The van der Waals surface area contributed by atoms with Gasteiger partial charge in [0.1, 0.15) is 12.2 Å². The van der Waals surface area contributed by atoms with Crippen molar-refractivity contribution < 1.29 is 32.4 Å². The van der Waals surface area contributed by atoms with E-state index in [9.17, 15) is 28.1 Å². The summed E-state index contributed by atoms with van der Waals surface area (Å²) in [5.41, 5.74) is 0.274. The fraction of sp³-hybridized carbons (Fsp3) is 0.238. The minimum Gasteiger partial charge on any atom is -0.493 e. The highest BCUT2D eigenvalue weighted by atomic mass is 32.1. The van der Waals surface area contributed by atoms with E-state index in [4.69, 9.17) is 9.47 Å². The summed E-state index contributed by atoms with van der Waals surface area (Å²) in [5, 5.41) is 13.4. The van der Waals surface area contributed by atoms with Crippen molar-refractivity contribution in [1.82, 2.24) is 9.88 Å². The van der Waals surface area contributed by atoms with Crippen LogP contribution in [-0.2, 0) is 19.3 Å². The molecular formula is C21H18F3N3O5S. The molecular weight excluding hydrogens is 463 g/mol. The van der Waals surface area contributed by atoms with Crippen molar-refractivity contribution in [1.29, 1.82) is 0 Å². The van der Waals surface area contributed by atoms with E-state index in [1.54, 1.807) is 10.9 Å². The molecule has 3 rings (SSSR count). The zero-order valence-corrected chi connectivity index (χ0v) is 18.3. The van der Waals surface area contributed by atoms with Gasteiger partial charge in [0.05, 0.1) is 34.9 Å². The number of halogens is 3.